The highest BCUT2D eigenvalue weighted by molar-refractivity contribution is 6.91. The molecule has 0 N–H and O–H groups in total. The van der Waals surface area contributed by atoms with Crippen LogP contribution in [-0.2, 0) is 4.79 Å². The number of nitrogens with zero attached hydrogens (tertiary/aromatic N) is 2. The van der Waals surface area contributed by atoms with E-state index >= 15 is 0 Å². The first-order valence-electron chi connectivity index (χ1n) is 6.99. The number of rotatable bonds is 4. The second kappa shape index (κ2) is 5.69. The third-order valence-electron chi connectivity index (χ3n) is 3.83. The van der Waals surface area contributed by atoms with Gasteiger partial charge >= 0.3 is 0 Å². The molecule has 0 aliphatic carbocycles. The van der Waals surface area contributed by atoms with Gasteiger partial charge in [-0.3, -0.25) is 0 Å². The van der Waals surface area contributed by atoms with Crippen molar-refractivity contribution >= 4 is 28.0 Å². The summed E-state index contributed by atoms with van der Waals surface area (Å²) in [5.74, 6) is 0.260. The minimum atomic E-state index is -1.35. The molecule has 0 saturated carbocycles. The van der Waals surface area contributed by atoms with E-state index in [9.17, 15) is 4.79 Å². The molecular formula is C13H28N2OSi2. The Morgan fingerprint density at radius 1 is 1.06 bits per heavy atom. The number of ketones is 1. The SMILES string of the molecule is CC(=O)CCC(C)=NN1[Si](C)(C)CCC[Si]1(C)C. The third-order valence-corrected chi connectivity index (χ3v) is 13.1. The maximum absolute atomic E-state index is 11.0. The van der Waals surface area contributed by atoms with Gasteiger partial charge in [-0.15, -0.1) is 0 Å². The van der Waals surface area contributed by atoms with E-state index in [0.29, 0.717) is 6.42 Å². The van der Waals surface area contributed by atoms with E-state index in [1.165, 1.54) is 18.5 Å². The van der Waals surface area contributed by atoms with Crippen LogP contribution in [0.3, 0.4) is 0 Å². The van der Waals surface area contributed by atoms with Gasteiger partial charge in [0.2, 0.25) is 0 Å². The Morgan fingerprint density at radius 2 is 1.56 bits per heavy atom. The monoisotopic (exact) mass is 284 g/mol. The standard InChI is InChI=1S/C13H28N2OSi2/c1-12(8-9-13(2)16)14-15-17(3,4)10-7-11-18(15,5)6/h7-11H2,1-6H3. The first-order chi connectivity index (χ1) is 8.15. The van der Waals surface area contributed by atoms with Crippen LogP contribution in [0, 0.1) is 0 Å². The van der Waals surface area contributed by atoms with E-state index in [0.717, 1.165) is 12.1 Å². The van der Waals surface area contributed by atoms with Crippen molar-refractivity contribution in [3.05, 3.63) is 0 Å². The van der Waals surface area contributed by atoms with Crippen molar-refractivity contribution in [2.24, 2.45) is 5.10 Å². The van der Waals surface area contributed by atoms with Crippen molar-refractivity contribution in [2.75, 3.05) is 0 Å². The van der Waals surface area contributed by atoms with E-state index in [1.807, 2.05) is 0 Å². The summed E-state index contributed by atoms with van der Waals surface area (Å²) in [5, 5.41) is 4.93. The number of hydrazone groups is 1. The van der Waals surface area contributed by atoms with Gasteiger partial charge in [-0.05, 0) is 32.4 Å². The van der Waals surface area contributed by atoms with Gasteiger partial charge in [0, 0.05) is 12.1 Å². The molecule has 0 aromatic carbocycles. The summed E-state index contributed by atoms with van der Waals surface area (Å²) in [6.07, 6.45) is 2.84. The third kappa shape index (κ3) is 4.05. The number of Topliss-reactive ketones (excluding diaryl/α,β-unsaturated/α-hetero) is 1. The molecule has 0 aromatic rings. The molecule has 1 saturated heterocycles. The Kier molecular flexibility index (Phi) is 4.94. The van der Waals surface area contributed by atoms with Crippen LogP contribution in [0.5, 0.6) is 0 Å². The highest BCUT2D eigenvalue weighted by Gasteiger charge is 2.43. The summed E-state index contributed by atoms with van der Waals surface area (Å²) in [5.41, 5.74) is 1.13. The molecule has 0 unspecified atom stereocenters. The van der Waals surface area contributed by atoms with Crippen molar-refractivity contribution in [3.8, 4) is 0 Å². The average molecular weight is 285 g/mol. The fraction of sp³-hybridized carbons (Fsp3) is 0.846. The van der Waals surface area contributed by atoms with Crippen molar-refractivity contribution in [1.29, 1.82) is 0 Å². The van der Waals surface area contributed by atoms with Crippen molar-refractivity contribution in [2.45, 2.75) is 71.4 Å². The van der Waals surface area contributed by atoms with E-state index in [4.69, 9.17) is 5.10 Å². The first-order valence-corrected chi connectivity index (χ1v) is 13.3. The zero-order valence-electron chi connectivity index (χ0n) is 12.8. The minimum Gasteiger partial charge on any atom is -0.349 e. The van der Waals surface area contributed by atoms with Gasteiger partial charge in [0.05, 0.1) is 0 Å². The highest BCUT2D eigenvalue weighted by atomic mass is 28.4. The molecule has 3 nitrogen and oxygen atoms in total. The van der Waals surface area contributed by atoms with Gasteiger partial charge in [-0.2, -0.15) is 0 Å². The maximum atomic E-state index is 11.0. The zero-order valence-corrected chi connectivity index (χ0v) is 14.8. The van der Waals surface area contributed by atoms with Crippen LogP contribution >= 0.6 is 0 Å². The van der Waals surface area contributed by atoms with Gasteiger partial charge in [-0.1, -0.05) is 32.6 Å². The predicted octanol–water partition coefficient (Wildman–Crippen LogP) is 3.85. The molecule has 0 radical (unpaired) electrons. The Morgan fingerprint density at radius 3 is 2.00 bits per heavy atom. The molecule has 1 fully saturated rings. The fourth-order valence-electron chi connectivity index (χ4n) is 2.83. The molecular weight excluding hydrogens is 256 g/mol. The smallest absolute Gasteiger partial charge is 0.161 e. The number of hydrogen-bond acceptors (Lipinski definition) is 3. The lowest BCUT2D eigenvalue weighted by Crippen LogP contribution is -2.62. The molecule has 0 aromatic heterocycles. The Balaban J connectivity index is 2.82. The van der Waals surface area contributed by atoms with Gasteiger partial charge in [0.1, 0.15) is 5.78 Å². The molecule has 0 bridgehead atoms. The van der Waals surface area contributed by atoms with Crippen molar-refractivity contribution in [1.82, 2.24) is 4.34 Å². The summed E-state index contributed by atoms with van der Waals surface area (Å²) in [6.45, 7) is 13.5. The van der Waals surface area contributed by atoms with Crippen molar-refractivity contribution in [3.63, 3.8) is 0 Å². The van der Waals surface area contributed by atoms with E-state index < -0.39 is 16.5 Å². The second-order valence-electron chi connectivity index (χ2n) is 6.83. The van der Waals surface area contributed by atoms with Crippen LogP contribution in [-0.4, -0.2) is 32.3 Å². The lowest BCUT2D eigenvalue weighted by atomic mass is 10.2. The summed E-state index contributed by atoms with van der Waals surface area (Å²) in [4.78, 5) is 11.0. The largest absolute Gasteiger partial charge is 0.349 e. The topological polar surface area (TPSA) is 32.7 Å². The number of carbonyl (C=O) groups is 1. The van der Waals surface area contributed by atoms with Gasteiger partial charge < -0.3 is 9.13 Å². The summed E-state index contributed by atoms with van der Waals surface area (Å²) < 4.78 is 2.54. The molecule has 104 valence electrons. The van der Waals surface area contributed by atoms with Crippen LogP contribution in [0.1, 0.15) is 33.1 Å². The normalized spacial score (nSPS) is 23.0. The molecule has 5 heteroatoms. The predicted molar refractivity (Wildman–Crippen MR) is 84.1 cm³/mol. The van der Waals surface area contributed by atoms with E-state index in [-0.39, 0.29) is 5.78 Å². The molecule has 1 aliphatic heterocycles. The Hall–Kier alpha value is -0.426. The molecule has 0 amide bonds. The molecule has 1 heterocycles. The first kappa shape index (κ1) is 15.6. The quantitative estimate of drug-likeness (QED) is 0.580. The van der Waals surface area contributed by atoms with Gasteiger partial charge in [0.25, 0.3) is 0 Å². The van der Waals surface area contributed by atoms with Crippen LogP contribution in [0.2, 0.25) is 38.3 Å². The fourth-order valence-corrected chi connectivity index (χ4v) is 13.8. The number of carbonyl (C=O) groups excluding carboxylic acids is 1. The molecule has 0 atom stereocenters. The van der Waals surface area contributed by atoms with Crippen molar-refractivity contribution < 1.29 is 4.79 Å². The molecule has 18 heavy (non-hydrogen) atoms. The molecule has 1 aliphatic rings. The van der Waals surface area contributed by atoms with Gasteiger partial charge in [0.15, 0.2) is 16.5 Å². The van der Waals surface area contributed by atoms with Gasteiger partial charge in [-0.25, -0.2) is 5.10 Å². The summed E-state index contributed by atoms with van der Waals surface area (Å²) in [6, 6.07) is 2.71. The van der Waals surface area contributed by atoms with Crippen LogP contribution < -0.4 is 0 Å². The summed E-state index contributed by atoms with van der Waals surface area (Å²) in [7, 11) is -2.70. The highest BCUT2D eigenvalue weighted by Crippen LogP contribution is 2.35. The average Bonchev–Trinajstić information content (AvgIpc) is 2.20. The summed E-state index contributed by atoms with van der Waals surface area (Å²) >= 11 is 0. The lowest BCUT2D eigenvalue weighted by molar-refractivity contribution is -0.116. The molecule has 0 spiro atoms. The van der Waals surface area contributed by atoms with E-state index in [2.05, 4.69) is 37.5 Å². The number of hydrogen-bond donors (Lipinski definition) is 0. The second-order valence-corrected chi connectivity index (χ2v) is 16.4. The Bertz CT molecular complexity index is 335. The zero-order chi connectivity index (χ0) is 14.0. The van der Waals surface area contributed by atoms with Crippen LogP contribution in [0.4, 0.5) is 0 Å². The molecule has 1 rings (SSSR count). The van der Waals surface area contributed by atoms with Crippen LogP contribution in [0.25, 0.3) is 0 Å². The Labute approximate surface area is 114 Å². The van der Waals surface area contributed by atoms with Crippen LogP contribution in [0.15, 0.2) is 5.10 Å². The lowest BCUT2D eigenvalue weighted by Gasteiger charge is -2.49. The minimum absolute atomic E-state index is 0.260. The van der Waals surface area contributed by atoms with E-state index in [1.54, 1.807) is 6.92 Å². The maximum Gasteiger partial charge on any atom is 0.161 e.